The minimum absolute atomic E-state index is 0.0643. The van der Waals surface area contributed by atoms with Crippen molar-refractivity contribution in [3.05, 3.63) is 67.0 Å². The van der Waals surface area contributed by atoms with Gasteiger partial charge in [-0.1, -0.05) is 30.3 Å². The van der Waals surface area contributed by atoms with Gasteiger partial charge < -0.3 is 14.7 Å². The zero-order valence-electron chi connectivity index (χ0n) is 25.4. The van der Waals surface area contributed by atoms with E-state index in [2.05, 4.69) is 24.9 Å². The average molecular weight is 624 g/mol. The van der Waals surface area contributed by atoms with Gasteiger partial charge in [-0.2, -0.15) is 15.1 Å². The first kappa shape index (κ1) is 27.9. The van der Waals surface area contributed by atoms with Crippen LogP contribution in [-0.4, -0.2) is 79.2 Å². The number of ether oxygens (including phenoxy) is 1. The highest BCUT2D eigenvalue weighted by atomic mass is 19.1. The summed E-state index contributed by atoms with van der Waals surface area (Å²) >= 11 is 0. The zero-order valence-corrected chi connectivity index (χ0v) is 25.4. The molecule has 4 fully saturated rings. The maximum absolute atomic E-state index is 16.8. The van der Waals surface area contributed by atoms with E-state index in [-0.39, 0.29) is 35.5 Å². The second-order valence-corrected chi connectivity index (χ2v) is 13.7. The molecule has 5 atom stereocenters. The van der Waals surface area contributed by atoms with Gasteiger partial charge in [0.25, 0.3) is 0 Å². The molecule has 46 heavy (non-hydrogen) atoms. The number of alkyl halides is 1. The van der Waals surface area contributed by atoms with E-state index in [1.165, 1.54) is 0 Å². The Balaban J connectivity index is 1.14. The molecule has 1 aliphatic carbocycles. The lowest BCUT2D eigenvalue weighted by Gasteiger charge is -2.34. The van der Waals surface area contributed by atoms with E-state index in [9.17, 15) is 9.50 Å². The van der Waals surface area contributed by atoms with E-state index >= 15 is 4.39 Å². The highest BCUT2D eigenvalue weighted by molar-refractivity contribution is 6.01. The summed E-state index contributed by atoms with van der Waals surface area (Å²) < 4.78 is 39.7. The number of halogens is 2. The van der Waals surface area contributed by atoms with E-state index in [1.54, 1.807) is 30.9 Å². The van der Waals surface area contributed by atoms with Crippen molar-refractivity contribution in [3.63, 3.8) is 0 Å². The molecule has 0 unspecified atom stereocenters. The van der Waals surface area contributed by atoms with Gasteiger partial charge in [0, 0.05) is 37.0 Å². The second kappa shape index (κ2) is 10.6. The molecule has 4 aliphatic rings. The van der Waals surface area contributed by atoms with E-state index in [4.69, 9.17) is 9.72 Å². The number of phenols is 1. The molecular weight excluding hydrogens is 588 g/mol. The van der Waals surface area contributed by atoms with Crippen LogP contribution in [0.4, 0.5) is 14.6 Å². The molecule has 236 valence electrons. The Kier molecular flexibility index (Phi) is 6.42. The number of aromatic nitrogens is 5. The fraction of sp³-hybridized carbons (Fsp3) is 0.429. The molecule has 0 amide bonds. The summed E-state index contributed by atoms with van der Waals surface area (Å²) in [6.07, 6.45) is 6.88. The van der Waals surface area contributed by atoms with Gasteiger partial charge in [0.15, 0.2) is 5.82 Å². The minimum atomic E-state index is -0.879. The Morgan fingerprint density at radius 3 is 2.80 bits per heavy atom. The molecule has 2 bridgehead atoms. The van der Waals surface area contributed by atoms with Gasteiger partial charge in [-0.15, -0.1) is 0 Å². The van der Waals surface area contributed by atoms with Crippen molar-refractivity contribution < 1.29 is 18.6 Å². The first-order valence-corrected chi connectivity index (χ1v) is 16.3. The summed E-state index contributed by atoms with van der Waals surface area (Å²) in [6.45, 7) is 3.07. The molecule has 0 spiro atoms. The zero-order chi connectivity index (χ0) is 31.0. The largest absolute Gasteiger partial charge is 0.508 e. The van der Waals surface area contributed by atoms with Crippen molar-refractivity contribution in [2.45, 2.75) is 49.9 Å². The Bertz CT molecular complexity index is 1960. The van der Waals surface area contributed by atoms with Crippen LogP contribution in [0.15, 0.2) is 61.2 Å². The number of anilines is 1. The van der Waals surface area contributed by atoms with Crippen LogP contribution < -0.4 is 9.64 Å². The van der Waals surface area contributed by atoms with E-state index in [1.807, 2.05) is 35.0 Å². The molecule has 3 aromatic carbocycles. The molecule has 1 saturated carbocycles. The molecule has 5 aromatic rings. The van der Waals surface area contributed by atoms with Crippen LogP contribution >= 0.6 is 0 Å². The lowest BCUT2D eigenvalue weighted by Crippen LogP contribution is -2.43. The summed E-state index contributed by atoms with van der Waals surface area (Å²) in [6, 6.07) is 14.9. The van der Waals surface area contributed by atoms with Crippen LogP contribution in [0.3, 0.4) is 0 Å². The van der Waals surface area contributed by atoms with Crippen LogP contribution in [0.1, 0.15) is 38.1 Å². The maximum atomic E-state index is 16.8. The Labute approximate surface area is 264 Å². The van der Waals surface area contributed by atoms with Gasteiger partial charge in [-0.25, -0.2) is 18.4 Å². The molecule has 3 aliphatic heterocycles. The van der Waals surface area contributed by atoms with E-state index in [0.717, 1.165) is 56.1 Å². The number of nitrogens with zero attached hydrogens (tertiary/aromatic N) is 7. The first-order valence-electron chi connectivity index (χ1n) is 16.3. The number of rotatable bonds is 6. The standard InChI is InChI=1S/C35H35F2N7O2/c36-24-14-35(8-3-9-43(35)17-24)18-46-34-40-32-28(7-6-27(31(32)37)29-13-25(45)12-22-4-1-2-5-26(22)29)33(41-34)42-15-21-10-23(16-42)30(11-21)44-20-38-19-39-44/h1-2,4-7,12-13,19-21,23-24,30,45H,3,8-11,14-18H2/t21-,23-,24-,30-,35+/m1/s1. The van der Waals surface area contributed by atoms with Crippen LogP contribution in [0.5, 0.6) is 11.8 Å². The summed E-state index contributed by atoms with van der Waals surface area (Å²) in [7, 11) is 0. The van der Waals surface area contributed by atoms with Crippen LogP contribution in [0.25, 0.3) is 32.8 Å². The number of hydrogen-bond acceptors (Lipinski definition) is 8. The molecule has 1 N–H and O–H groups in total. The quantitative estimate of drug-likeness (QED) is 0.249. The third-order valence-corrected chi connectivity index (χ3v) is 10.9. The molecule has 5 heterocycles. The van der Waals surface area contributed by atoms with Crippen molar-refractivity contribution in [1.82, 2.24) is 29.6 Å². The summed E-state index contributed by atoms with van der Waals surface area (Å²) in [4.78, 5) is 18.3. The Morgan fingerprint density at radius 2 is 1.91 bits per heavy atom. The first-order chi connectivity index (χ1) is 22.4. The fourth-order valence-electron chi connectivity index (χ4n) is 8.92. The van der Waals surface area contributed by atoms with Crippen LogP contribution in [-0.2, 0) is 0 Å². The van der Waals surface area contributed by atoms with Gasteiger partial charge in [0.2, 0.25) is 0 Å². The predicted molar refractivity (Wildman–Crippen MR) is 170 cm³/mol. The van der Waals surface area contributed by atoms with Gasteiger partial charge in [0.05, 0.1) is 11.6 Å². The number of hydrogen-bond donors (Lipinski definition) is 1. The highest BCUT2D eigenvalue weighted by Crippen LogP contribution is 2.46. The van der Waals surface area contributed by atoms with Crippen molar-refractivity contribution in [1.29, 1.82) is 0 Å². The molecule has 2 aromatic heterocycles. The average Bonchev–Trinajstić information content (AvgIpc) is 3.84. The summed E-state index contributed by atoms with van der Waals surface area (Å²) in [5, 5.41) is 17.2. The van der Waals surface area contributed by atoms with Crippen molar-refractivity contribution in [2.24, 2.45) is 11.8 Å². The highest BCUT2D eigenvalue weighted by Gasteiger charge is 2.49. The summed E-state index contributed by atoms with van der Waals surface area (Å²) in [5.41, 5.74) is 0.723. The van der Waals surface area contributed by atoms with Gasteiger partial charge in [-0.05, 0) is 78.6 Å². The monoisotopic (exact) mass is 623 g/mol. The second-order valence-electron chi connectivity index (χ2n) is 13.7. The lowest BCUT2D eigenvalue weighted by molar-refractivity contribution is 0.107. The van der Waals surface area contributed by atoms with Crippen molar-refractivity contribution in [2.75, 3.05) is 37.7 Å². The third-order valence-electron chi connectivity index (χ3n) is 10.9. The number of aromatic hydroxyl groups is 1. The number of benzene rings is 3. The van der Waals surface area contributed by atoms with E-state index < -0.39 is 12.0 Å². The van der Waals surface area contributed by atoms with Crippen molar-refractivity contribution >= 4 is 27.5 Å². The Morgan fingerprint density at radius 1 is 1.00 bits per heavy atom. The topological polar surface area (TPSA) is 92.4 Å². The SMILES string of the molecule is Oc1cc(-c2ccc3c(N4C[C@@H]5C[C@H](C4)[C@H](n4cncn4)C5)nc(OC[C@@]45CCCN4C[C@H](F)C5)nc3c2F)c2ccccc2c1. The number of phenolic OH excluding ortho intramolecular Hbond substituents is 1. The summed E-state index contributed by atoms with van der Waals surface area (Å²) in [5.74, 6) is 1.01. The van der Waals surface area contributed by atoms with Crippen LogP contribution in [0, 0.1) is 17.7 Å². The molecule has 9 rings (SSSR count). The fourth-order valence-corrected chi connectivity index (χ4v) is 8.92. The molecule has 3 saturated heterocycles. The van der Waals surface area contributed by atoms with Gasteiger partial charge in [-0.3, -0.25) is 4.90 Å². The minimum Gasteiger partial charge on any atom is -0.508 e. The van der Waals surface area contributed by atoms with Gasteiger partial charge in [0.1, 0.15) is 42.5 Å². The molecule has 9 nitrogen and oxygen atoms in total. The Hall–Kier alpha value is -4.38. The van der Waals surface area contributed by atoms with Crippen molar-refractivity contribution in [3.8, 4) is 22.9 Å². The molecular formula is C35H35F2N7O2. The lowest BCUT2D eigenvalue weighted by atomic mass is 9.95. The molecule has 0 radical (unpaired) electrons. The third kappa shape index (κ3) is 4.50. The normalized spacial score (nSPS) is 27.6. The number of fused-ring (bicyclic) bond motifs is 5. The van der Waals surface area contributed by atoms with Gasteiger partial charge >= 0.3 is 6.01 Å². The number of piperidine rings is 1. The molecule has 11 heteroatoms. The predicted octanol–water partition coefficient (Wildman–Crippen LogP) is 5.93. The smallest absolute Gasteiger partial charge is 0.319 e. The van der Waals surface area contributed by atoms with Crippen LogP contribution in [0.2, 0.25) is 0 Å². The maximum Gasteiger partial charge on any atom is 0.319 e. The van der Waals surface area contributed by atoms with E-state index in [0.29, 0.717) is 47.1 Å².